The van der Waals surface area contributed by atoms with E-state index in [9.17, 15) is 9.18 Å². The number of carbonyl (C=O) groups is 1. The molecule has 5 heteroatoms. The molecule has 0 aliphatic carbocycles. The molecule has 2 aliphatic heterocycles. The summed E-state index contributed by atoms with van der Waals surface area (Å²) in [4.78, 5) is 15.4. The molecule has 1 fully saturated rings. The van der Waals surface area contributed by atoms with Crippen LogP contribution in [0.2, 0.25) is 0 Å². The first-order chi connectivity index (χ1) is 8.16. The van der Waals surface area contributed by atoms with Crippen molar-refractivity contribution >= 4 is 5.91 Å². The minimum absolute atomic E-state index is 0.0430. The lowest BCUT2D eigenvalue weighted by Gasteiger charge is -2.29. The molecule has 0 bridgehead atoms. The second kappa shape index (κ2) is 5.31. The third kappa shape index (κ3) is 3.06. The lowest BCUT2D eigenvalue weighted by molar-refractivity contribution is -0.128. The quantitative estimate of drug-likeness (QED) is 0.736. The Morgan fingerprint density at radius 3 is 2.88 bits per heavy atom. The molecular formula is C12H18FN3O. The van der Waals surface area contributed by atoms with Gasteiger partial charge in [0.2, 0.25) is 5.91 Å². The zero-order chi connectivity index (χ0) is 12.3. The largest absolute Gasteiger partial charge is 0.370 e. The van der Waals surface area contributed by atoms with E-state index >= 15 is 0 Å². The number of dihydropyridines is 1. The standard InChI is InChI=1S/C12H18FN3O/c1-10(17)15-5-2-6-16(8-7-15)12-4-3-11(13)9-14-12/h3-4,9,12,14H,2,5-8H2,1H3. The summed E-state index contributed by atoms with van der Waals surface area (Å²) in [6.07, 6.45) is 5.69. The molecule has 0 radical (unpaired) electrons. The van der Waals surface area contributed by atoms with Crippen molar-refractivity contribution in [3.05, 3.63) is 24.2 Å². The highest BCUT2D eigenvalue weighted by Gasteiger charge is 2.21. The number of rotatable bonds is 1. The van der Waals surface area contributed by atoms with Gasteiger partial charge in [-0.15, -0.1) is 0 Å². The Kier molecular flexibility index (Phi) is 3.78. The molecule has 1 atom stereocenters. The van der Waals surface area contributed by atoms with Crippen LogP contribution in [-0.2, 0) is 4.79 Å². The second-order valence-corrected chi connectivity index (χ2v) is 4.40. The smallest absolute Gasteiger partial charge is 0.219 e. The van der Waals surface area contributed by atoms with Gasteiger partial charge < -0.3 is 10.2 Å². The van der Waals surface area contributed by atoms with Crippen molar-refractivity contribution < 1.29 is 9.18 Å². The van der Waals surface area contributed by atoms with Crippen LogP contribution in [0.3, 0.4) is 0 Å². The molecule has 2 aliphatic rings. The maximum atomic E-state index is 12.8. The van der Waals surface area contributed by atoms with E-state index in [0.29, 0.717) is 0 Å². The van der Waals surface area contributed by atoms with Crippen LogP contribution in [0.15, 0.2) is 24.2 Å². The molecule has 1 saturated heterocycles. The molecule has 4 nitrogen and oxygen atoms in total. The molecule has 94 valence electrons. The van der Waals surface area contributed by atoms with Crippen molar-refractivity contribution in [2.24, 2.45) is 0 Å². The Labute approximate surface area is 101 Å². The third-order valence-electron chi connectivity index (χ3n) is 3.20. The van der Waals surface area contributed by atoms with Gasteiger partial charge >= 0.3 is 0 Å². The third-order valence-corrected chi connectivity index (χ3v) is 3.20. The number of hydrogen-bond acceptors (Lipinski definition) is 3. The second-order valence-electron chi connectivity index (χ2n) is 4.40. The van der Waals surface area contributed by atoms with Gasteiger partial charge in [0.15, 0.2) is 0 Å². The zero-order valence-corrected chi connectivity index (χ0v) is 10.0. The molecule has 1 unspecified atom stereocenters. The molecule has 0 aromatic carbocycles. The average molecular weight is 239 g/mol. The predicted octanol–water partition coefficient (Wildman–Crippen LogP) is 0.837. The molecule has 1 amide bonds. The summed E-state index contributed by atoms with van der Waals surface area (Å²) in [6, 6.07) is 0. The number of hydrogen-bond donors (Lipinski definition) is 1. The Morgan fingerprint density at radius 1 is 1.41 bits per heavy atom. The Bertz CT molecular complexity index is 354. The van der Waals surface area contributed by atoms with E-state index in [2.05, 4.69) is 10.2 Å². The van der Waals surface area contributed by atoms with Crippen LogP contribution in [0.1, 0.15) is 13.3 Å². The fourth-order valence-electron chi connectivity index (χ4n) is 2.21. The Balaban J connectivity index is 1.91. The summed E-state index contributed by atoms with van der Waals surface area (Å²) in [5.41, 5.74) is 0. The molecule has 0 spiro atoms. The molecule has 17 heavy (non-hydrogen) atoms. The van der Waals surface area contributed by atoms with E-state index in [1.807, 2.05) is 11.0 Å². The lowest BCUT2D eigenvalue weighted by Crippen LogP contribution is -2.45. The van der Waals surface area contributed by atoms with Gasteiger partial charge in [-0.1, -0.05) is 0 Å². The number of nitrogens with one attached hydrogen (secondary N) is 1. The summed E-state index contributed by atoms with van der Waals surface area (Å²) >= 11 is 0. The predicted molar refractivity (Wildman–Crippen MR) is 63.7 cm³/mol. The molecule has 2 heterocycles. The van der Waals surface area contributed by atoms with E-state index in [4.69, 9.17) is 0 Å². The summed E-state index contributed by atoms with van der Waals surface area (Å²) in [5.74, 6) is -0.119. The molecule has 0 saturated carbocycles. The van der Waals surface area contributed by atoms with Crippen LogP contribution in [0.4, 0.5) is 4.39 Å². The highest BCUT2D eigenvalue weighted by atomic mass is 19.1. The highest BCUT2D eigenvalue weighted by molar-refractivity contribution is 5.73. The van der Waals surface area contributed by atoms with Crippen molar-refractivity contribution in [1.29, 1.82) is 0 Å². The first-order valence-electron chi connectivity index (χ1n) is 5.96. The van der Waals surface area contributed by atoms with Gasteiger partial charge in [0.25, 0.3) is 0 Å². The highest BCUT2D eigenvalue weighted by Crippen LogP contribution is 2.11. The molecular weight excluding hydrogens is 221 g/mol. The van der Waals surface area contributed by atoms with Crippen LogP contribution in [0.5, 0.6) is 0 Å². The van der Waals surface area contributed by atoms with Gasteiger partial charge in [0, 0.05) is 39.3 Å². The van der Waals surface area contributed by atoms with Crippen LogP contribution >= 0.6 is 0 Å². The summed E-state index contributed by atoms with van der Waals surface area (Å²) in [7, 11) is 0. The zero-order valence-electron chi connectivity index (χ0n) is 10.0. The van der Waals surface area contributed by atoms with E-state index < -0.39 is 0 Å². The first-order valence-corrected chi connectivity index (χ1v) is 5.96. The van der Waals surface area contributed by atoms with E-state index in [1.54, 1.807) is 6.92 Å². The normalized spacial score (nSPS) is 26.1. The minimum atomic E-state index is -0.249. The Hall–Kier alpha value is -1.36. The van der Waals surface area contributed by atoms with Crippen molar-refractivity contribution in [2.75, 3.05) is 26.2 Å². The van der Waals surface area contributed by atoms with Crippen molar-refractivity contribution in [3.8, 4) is 0 Å². The van der Waals surface area contributed by atoms with Crippen LogP contribution < -0.4 is 5.32 Å². The first kappa shape index (κ1) is 12.1. The minimum Gasteiger partial charge on any atom is -0.370 e. The summed E-state index contributed by atoms with van der Waals surface area (Å²) in [5, 5.41) is 3.01. The van der Waals surface area contributed by atoms with Gasteiger partial charge in [0.1, 0.15) is 5.83 Å². The molecule has 0 aromatic heterocycles. The van der Waals surface area contributed by atoms with Crippen LogP contribution in [-0.4, -0.2) is 48.1 Å². The number of carbonyl (C=O) groups excluding carboxylic acids is 1. The van der Waals surface area contributed by atoms with E-state index in [-0.39, 0.29) is 17.9 Å². The molecule has 0 aromatic rings. The van der Waals surface area contributed by atoms with Crippen molar-refractivity contribution in [2.45, 2.75) is 19.5 Å². The van der Waals surface area contributed by atoms with Gasteiger partial charge in [-0.2, -0.15) is 0 Å². The SMILES string of the molecule is CC(=O)N1CCCN(C2C=CC(F)=CN2)CC1. The van der Waals surface area contributed by atoms with Gasteiger partial charge in [-0.25, -0.2) is 4.39 Å². The maximum Gasteiger partial charge on any atom is 0.219 e. The van der Waals surface area contributed by atoms with Crippen LogP contribution in [0.25, 0.3) is 0 Å². The van der Waals surface area contributed by atoms with Crippen molar-refractivity contribution in [3.63, 3.8) is 0 Å². The fourth-order valence-corrected chi connectivity index (χ4v) is 2.21. The Morgan fingerprint density at radius 2 is 2.24 bits per heavy atom. The van der Waals surface area contributed by atoms with Crippen molar-refractivity contribution in [1.82, 2.24) is 15.1 Å². The van der Waals surface area contributed by atoms with Gasteiger partial charge in [0.05, 0.1) is 6.17 Å². The number of amides is 1. The van der Waals surface area contributed by atoms with Gasteiger partial charge in [-0.3, -0.25) is 9.69 Å². The maximum absolute atomic E-state index is 12.8. The summed E-state index contributed by atoms with van der Waals surface area (Å²) in [6.45, 7) is 4.89. The summed E-state index contributed by atoms with van der Waals surface area (Å²) < 4.78 is 12.8. The average Bonchev–Trinajstić information content (AvgIpc) is 2.55. The van der Waals surface area contributed by atoms with E-state index in [0.717, 1.165) is 32.6 Å². The monoisotopic (exact) mass is 239 g/mol. The number of allylic oxidation sites excluding steroid dienone is 2. The van der Waals surface area contributed by atoms with Crippen LogP contribution in [0, 0.1) is 0 Å². The number of halogens is 1. The fraction of sp³-hybridized carbons (Fsp3) is 0.583. The van der Waals surface area contributed by atoms with E-state index in [1.165, 1.54) is 12.3 Å². The topological polar surface area (TPSA) is 35.6 Å². The molecule has 1 N–H and O–H groups in total. The lowest BCUT2D eigenvalue weighted by atomic mass is 10.2. The molecule has 2 rings (SSSR count). The number of nitrogens with zero attached hydrogens (tertiary/aromatic N) is 2. The van der Waals surface area contributed by atoms with Gasteiger partial charge in [-0.05, 0) is 18.6 Å².